The van der Waals surface area contributed by atoms with Gasteiger partial charge in [-0.3, -0.25) is 14.7 Å². The van der Waals surface area contributed by atoms with Gasteiger partial charge >= 0.3 is 0 Å². The number of rotatable bonds is 8. The molecule has 0 saturated carbocycles. The van der Waals surface area contributed by atoms with Crippen LogP contribution in [0.3, 0.4) is 0 Å². The minimum Gasteiger partial charge on any atom is -0.488 e. The van der Waals surface area contributed by atoms with Gasteiger partial charge in [-0.25, -0.2) is 0 Å². The maximum absolute atomic E-state index is 13.6. The number of amides is 1. The number of hydrogen-bond acceptors (Lipinski definition) is 4. The first-order valence-corrected chi connectivity index (χ1v) is 14.5. The van der Waals surface area contributed by atoms with Crippen LogP contribution < -0.4 is 4.74 Å². The summed E-state index contributed by atoms with van der Waals surface area (Å²) in [7, 11) is 0. The number of ether oxygens (including phenoxy) is 1. The molecule has 7 heteroatoms. The van der Waals surface area contributed by atoms with Crippen LogP contribution >= 0.6 is 35.0 Å². The fraction of sp³-hybridized carbons (Fsp3) is 0.152. The van der Waals surface area contributed by atoms with Crippen LogP contribution in [-0.4, -0.2) is 16.0 Å². The molecule has 0 aromatic heterocycles. The Kier molecular flexibility index (Phi) is 8.95. The molecule has 40 heavy (non-hydrogen) atoms. The van der Waals surface area contributed by atoms with E-state index in [2.05, 4.69) is 0 Å². The number of nitrogens with zero attached hydrogens (tertiary/aromatic N) is 2. The summed E-state index contributed by atoms with van der Waals surface area (Å²) in [6.07, 6.45) is 1.94. The molecule has 0 aliphatic carbocycles. The topological polar surface area (TPSA) is 41.9 Å². The highest BCUT2D eigenvalue weighted by atomic mass is 35.5. The van der Waals surface area contributed by atoms with Crippen LogP contribution in [-0.2, 0) is 24.5 Å². The Hall–Kier alpha value is -3.51. The van der Waals surface area contributed by atoms with E-state index in [1.165, 1.54) is 11.8 Å². The van der Waals surface area contributed by atoms with Crippen molar-refractivity contribution < 1.29 is 9.53 Å². The SMILES string of the molecule is Cc1cc(/C=C2\SC(=NCc3ccccc3)N(Cc3ccccc3)C2=O)cc(C)c1OCc1ccc(Cl)cc1Cl. The van der Waals surface area contributed by atoms with Crippen molar-refractivity contribution in [2.24, 2.45) is 4.99 Å². The van der Waals surface area contributed by atoms with Crippen molar-refractivity contribution in [3.05, 3.63) is 139 Å². The summed E-state index contributed by atoms with van der Waals surface area (Å²) in [6.45, 7) is 5.33. The summed E-state index contributed by atoms with van der Waals surface area (Å²) in [5, 5.41) is 1.87. The lowest BCUT2D eigenvalue weighted by atomic mass is 10.0. The van der Waals surface area contributed by atoms with E-state index in [-0.39, 0.29) is 5.91 Å². The van der Waals surface area contributed by atoms with E-state index in [4.69, 9.17) is 32.9 Å². The van der Waals surface area contributed by atoms with Gasteiger partial charge in [0, 0.05) is 15.6 Å². The van der Waals surface area contributed by atoms with Crippen LogP contribution in [0.1, 0.15) is 33.4 Å². The van der Waals surface area contributed by atoms with Crippen LogP contribution in [0.25, 0.3) is 6.08 Å². The molecule has 1 amide bonds. The maximum atomic E-state index is 13.6. The van der Waals surface area contributed by atoms with Gasteiger partial charge in [0.25, 0.3) is 5.91 Å². The zero-order valence-electron chi connectivity index (χ0n) is 22.2. The van der Waals surface area contributed by atoms with Crippen molar-refractivity contribution in [1.29, 1.82) is 0 Å². The van der Waals surface area contributed by atoms with Crippen molar-refractivity contribution >= 4 is 52.1 Å². The average Bonchev–Trinajstić information content (AvgIpc) is 3.22. The van der Waals surface area contributed by atoms with Gasteiger partial charge in [0.05, 0.1) is 18.0 Å². The minimum absolute atomic E-state index is 0.0475. The molecule has 1 saturated heterocycles. The van der Waals surface area contributed by atoms with Gasteiger partial charge in [-0.15, -0.1) is 0 Å². The van der Waals surface area contributed by atoms with Crippen LogP contribution in [0.2, 0.25) is 10.0 Å². The van der Waals surface area contributed by atoms with E-state index in [1.807, 2.05) is 98.8 Å². The van der Waals surface area contributed by atoms with Crippen molar-refractivity contribution in [2.45, 2.75) is 33.5 Å². The Labute approximate surface area is 249 Å². The van der Waals surface area contributed by atoms with E-state index < -0.39 is 0 Å². The molecule has 202 valence electrons. The molecule has 0 spiro atoms. The third-order valence-corrected chi connectivity index (χ3v) is 8.11. The fourth-order valence-electron chi connectivity index (χ4n) is 4.51. The Morgan fingerprint density at radius 3 is 2.17 bits per heavy atom. The molecule has 4 aromatic rings. The van der Waals surface area contributed by atoms with Crippen LogP contribution in [0.4, 0.5) is 0 Å². The highest BCUT2D eigenvalue weighted by molar-refractivity contribution is 8.18. The summed E-state index contributed by atoms with van der Waals surface area (Å²) in [4.78, 5) is 20.8. The first-order valence-electron chi connectivity index (χ1n) is 12.9. The van der Waals surface area contributed by atoms with Crippen molar-refractivity contribution in [3.63, 3.8) is 0 Å². The van der Waals surface area contributed by atoms with Crippen LogP contribution in [0.5, 0.6) is 5.75 Å². The number of halogens is 2. The van der Waals surface area contributed by atoms with E-state index >= 15 is 0 Å². The summed E-state index contributed by atoms with van der Waals surface area (Å²) in [5.74, 6) is 0.753. The number of benzene rings is 4. The predicted octanol–water partition coefficient (Wildman–Crippen LogP) is 8.86. The molecular formula is C33H28Cl2N2O2S. The van der Waals surface area contributed by atoms with Crippen LogP contribution in [0, 0.1) is 13.8 Å². The lowest BCUT2D eigenvalue weighted by Gasteiger charge is -2.16. The lowest BCUT2D eigenvalue weighted by Crippen LogP contribution is -2.28. The molecule has 1 aliphatic heterocycles. The largest absolute Gasteiger partial charge is 0.488 e. The molecule has 1 aliphatic rings. The van der Waals surface area contributed by atoms with E-state index in [0.29, 0.717) is 39.8 Å². The van der Waals surface area contributed by atoms with Crippen molar-refractivity contribution in [3.8, 4) is 5.75 Å². The van der Waals surface area contributed by atoms with Gasteiger partial charge < -0.3 is 4.74 Å². The highest BCUT2D eigenvalue weighted by Gasteiger charge is 2.33. The lowest BCUT2D eigenvalue weighted by molar-refractivity contribution is -0.122. The number of carbonyl (C=O) groups is 1. The number of aliphatic imine (C=N–C) groups is 1. The first kappa shape index (κ1) is 28.0. The Bertz CT molecular complexity index is 1560. The number of aryl methyl sites for hydroxylation is 2. The second-order valence-corrected chi connectivity index (χ2v) is 11.4. The third kappa shape index (κ3) is 6.79. The molecule has 5 rings (SSSR count). The molecule has 0 N–H and O–H groups in total. The van der Waals surface area contributed by atoms with Gasteiger partial charge in [0.15, 0.2) is 5.17 Å². The maximum Gasteiger partial charge on any atom is 0.267 e. The van der Waals surface area contributed by atoms with E-state index in [9.17, 15) is 4.79 Å². The third-order valence-electron chi connectivity index (χ3n) is 6.48. The second-order valence-electron chi connectivity index (χ2n) is 9.58. The normalized spacial score (nSPS) is 15.3. The first-order chi connectivity index (χ1) is 19.4. The summed E-state index contributed by atoms with van der Waals surface area (Å²) in [6, 6.07) is 29.5. The van der Waals surface area contributed by atoms with Crippen molar-refractivity contribution in [1.82, 2.24) is 4.90 Å². The monoisotopic (exact) mass is 586 g/mol. The minimum atomic E-state index is -0.0475. The molecule has 0 unspecified atom stereocenters. The van der Waals surface area contributed by atoms with E-state index in [1.54, 1.807) is 17.0 Å². The van der Waals surface area contributed by atoms with Gasteiger partial charge in [0.1, 0.15) is 12.4 Å². The number of hydrogen-bond donors (Lipinski definition) is 0. The summed E-state index contributed by atoms with van der Waals surface area (Å²) in [5.41, 5.74) is 5.91. The fourth-order valence-corrected chi connectivity index (χ4v) is 5.95. The molecule has 4 nitrogen and oxygen atoms in total. The molecule has 4 aromatic carbocycles. The van der Waals surface area contributed by atoms with Crippen molar-refractivity contribution in [2.75, 3.05) is 0 Å². The zero-order valence-corrected chi connectivity index (χ0v) is 24.6. The molecule has 0 atom stereocenters. The second kappa shape index (κ2) is 12.8. The molecular weight excluding hydrogens is 559 g/mol. The Morgan fingerprint density at radius 2 is 1.52 bits per heavy atom. The quantitative estimate of drug-likeness (QED) is 0.194. The number of carbonyl (C=O) groups excluding carboxylic acids is 1. The van der Waals surface area contributed by atoms with Gasteiger partial charge in [-0.2, -0.15) is 0 Å². The molecule has 0 bridgehead atoms. The highest BCUT2D eigenvalue weighted by Crippen LogP contribution is 2.35. The van der Waals surface area contributed by atoms with Gasteiger partial charge in [-0.05, 0) is 83.8 Å². The Balaban J connectivity index is 1.38. The average molecular weight is 588 g/mol. The Morgan fingerprint density at radius 1 is 0.875 bits per heavy atom. The van der Waals surface area contributed by atoms with Crippen LogP contribution in [0.15, 0.2) is 101 Å². The smallest absolute Gasteiger partial charge is 0.267 e. The van der Waals surface area contributed by atoms with Gasteiger partial charge in [-0.1, -0.05) is 89.9 Å². The number of thioether (sulfide) groups is 1. The standard InChI is InChI=1S/C33H28Cl2N2O2S/c1-22-15-26(16-23(2)31(22)39-21-27-13-14-28(34)18-29(27)35)17-30-32(38)37(20-25-11-7-4-8-12-25)33(40-30)36-19-24-9-5-3-6-10-24/h3-18H,19-21H2,1-2H3/b30-17-,36-33?. The van der Waals surface area contributed by atoms with Gasteiger partial charge in [0.2, 0.25) is 0 Å². The summed E-state index contributed by atoms with van der Waals surface area (Å²) < 4.78 is 6.15. The zero-order chi connectivity index (χ0) is 28.1. The molecule has 1 fully saturated rings. The predicted molar refractivity (Wildman–Crippen MR) is 167 cm³/mol. The number of amidine groups is 1. The molecule has 1 heterocycles. The molecule has 0 radical (unpaired) electrons. The van der Waals surface area contributed by atoms with E-state index in [0.717, 1.165) is 39.1 Å². The summed E-state index contributed by atoms with van der Waals surface area (Å²) >= 11 is 13.8.